The van der Waals surface area contributed by atoms with Crippen molar-refractivity contribution in [1.29, 1.82) is 0 Å². The minimum absolute atomic E-state index is 0.0509. The van der Waals surface area contributed by atoms with Gasteiger partial charge in [-0.15, -0.1) is 0 Å². The summed E-state index contributed by atoms with van der Waals surface area (Å²) in [4.78, 5) is -0.250. The third-order valence-electron chi connectivity index (χ3n) is 1.95. The molecule has 0 spiro atoms. The van der Waals surface area contributed by atoms with Crippen molar-refractivity contribution < 1.29 is 18.1 Å². The molecule has 96 valence electrons. The zero-order valence-corrected chi connectivity index (χ0v) is 10.2. The van der Waals surface area contributed by atoms with E-state index in [9.17, 15) is 8.42 Å². The van der Waals surface area contributed by atoms with Crippen LogP contribution in [0.3, 0.4) is 0 Å². The highest BCUT2D eigenvalue weighted by molar-refractivity contribution is 7.86. The Hall–Kier alpha value is -2.05. The van der Waals surface area contributed by atoms with Gasteiger partial charge in [0.1, 0.15) is 10.6 Å². The molecule has 0 bridgehead atoms. The van der Waals surface area contributed by atoms with Crippen molar-refractivity contribution in [3.05, 3.63) is 54.6 Å². The molecule has 0 aliphatic carbocycles. The fourth-order valence-corrected chi connectivity index (χ4v) is 1.76. The molecule has 0 atom stereocenters. The number of phenolic OH excluding ortho intramolecular Hbond substituents is 1. The Morgan fingerprint density at radius 1 is 0.889 bits per heavy atom. The van der Waals surface area contributed by atoms with Crippen molar-refractivity contribution in [2.45, 2.75) is 4.90 Å². The lowest BCUT2D eigenvalue weighted by molar-refractivity contribution is 0.475. The average molecular weight is 267 g/mol. The first-order valence-electron chi connectivity index (χ1n) is 4.97. The first-order chi connectivity index (χ1) is 8.41. The van der Waals surface area contributed by atoms with E-state index in [1.807, 2.05) is 6.07 Å². The minimum Gasteiger partial charge on any atom is -0.508 e. The molecule has 6 heteroatoms. The second-order valence-electron chi connectivity index (χ2n) is 3.35. The Balaban J connectivity index is 0.000000199. The van der Waals surface area contributed by atoms with Crippen LogP contribution in [0.4, 0.5) is 5.69 Å². The van der Waals surface area contributed by atoms with Crippen LogP contribution in [-0.2, 0) is 10.1 Å². The van der Waals surface area contributed by atoms with Crippen LogP contribution in [0.2, 0.25) is 0 Å². The molecule has 0 amide bonds. The van der Waals surface area contributed by atoms with Gasteiger partial charge in [0, 0.05) is 0 Å². The summed E-state index contributed by atoms with van der Waals surface area (Å²) in [6.45, 7) is 0. The molecule has 4 N–H and O–H groups in total. The van der Waals surface area contributed by atoms with E-state index in [0.29, 0.717) is 5.75 Å². The van der Waals surface area contributed by atoms with E-state index < -0.39 is 10.1 Å². The highest BCUT2D eigenvalue weighted by Crippen LogP contribution is 2.15. The Morgan fingerprint density at radius 2 is 1.39 bits per heavy atom. The SMILES string of the molecule is Nc1ccccc1S(=O)(=O)O.Oc1ccccc1. The molecule has 2 aromatic carbocycles. The lowest BCUT2D eigenvalue weighted by Crippen LogP contribution is -2.01. The zero-order valence-electron chi connectivity index (χ0n) is 9.39. The third kappa shape index (κ3) is 4.44. The summed E-state index contributed by atoms with van der Waals surface area (Å²) in [5.74, 6) is 0.322. The molecule has 0 aliphatic heterocycles. The minimum atomic E-state index is -4.16. The molecule has 0 aliphatic rings. The van der Waals surface area contributed by atoms with Crippen LogP contribution in [0.15, 0.2) is 59.5 Å². The van der Waals surface area contributed by atoms with Gasteiger partial charge < -0.3 is 10.8 Å². The van der Waals surface area contributed by atoms with Crippen molar-refractivity contribution in [1.82, 2.24) is 0 Å². The molecule has 2 aromatic rings. The molecule has 0 fully saturated rings. The smallest absolute Gasteiger partial charge is 0.296 e. The number of benzene rings is 2. The van der Waals surface area contributed by atoms with E-state index in [0.717, 1.165) is 0 Å². The summed E-state index contributed by atoms with van der Waals surface area (Å²) in [5, 5.41) is 8.63. The Bertz CT molecular complexity index is 596. The fraction of sp³-hybridized carbons (Fsp3) is 0. The van der Waals surface area contributed by atoms with Crippen LogP contribution in [0, 0.1) is 0 Å². The first-order valence-corrected chi connectivity index (χ1v) is 6.41. The van der Waals surface area contributed by atoms with Crippen molar-refractivity contribution in [3.8, 4) is 5.75 Å². The Labute approximate surface area is 105 Å². The molecule has 0 unspecified atom stereocenters. The van der Waals surface area contributed by atoms with Gasteiger partial charge in [-0.1, -0.05) is 30.3 Å². The van der Waals surface area contributed by atoms with Gasteiger partial charge in [0.05, 0.1) is 5.69 Å². The van der Waals surface area contributed by atoms with E-state index in [1.165, 1.54) is 18.2 Å². The van der Waals surface area contributed by atoms with Crippen molar-refractivity contribution in [2.24, 2.45) is 0 Å². The van der Waals surface area contributed by atoms with Gasteiger partial charge >= 0.3 is 0 Å². The van der Waals surface area contributed by atoms with E-state index in [1.54, 1.807) is 30.3 Å². The summed E-state index contributed by atoms with van der Waals surface area (Å²) in [6.07, 6.45) is 0. The van der Waals surface area contributed by atoms with Gasteiger partial charge in [-0.05, 0) is 24.3 Å². The number of hydrogen-bond acceptors (Lipinski definition) is 4. The van der Waals surface area contributed by atoms with E-state index in [2.05, 4.69) is 0 Å². The number of anilines is 1. The lowest BCUT2D eigenvalue weighted by atomic mass is 10.3. The number of phenols is 1. The average Bonchev–Trinajstić information content (AvgIpc) is 2.30. The number of hydrogen-bond donors (Lipinski definition) is 3. The largest absolute Gasteiger partial charge is 0.508 e. The number of aromatic hydroxyl groups is 1. The quantitative estimate of drug-likeness (QED) is 0.541. The van der Waals surface area contributed by atoms with Crippen LogP contribution in [0.1, 0.15) is 0 Å². The highest BCUT2D eigenvalue weighted by atomic mass is 32.2. The van der Waals surface area contributed by atoms with Crippen LogP contribution < -0.4 is 5.73 Å². The molecule has 0 heterocycles. The summed E-state index contributed by atoms with van der Waals surface area (Å²) in [7, 11) is -4.16. The van der Waals surface area contributed by atoms with Crippen LogP contribution in [0.25, 0.3) is 0 Å². The molecule has 5 nitrogen and oxygen atoms in total. The maximum Gasteiger partial charge on any atom is 0.296 e. The van der Waals surface area contributed by atoms with Crippen molar-refractivity contribution in [3.63, 3.8) is 0 Å². The Kier molecular flexibility index (Phi) is 4.70. The van der Waals surface area contributed by atoms with Crippen molar-refractivity contribution >= 4 is 15.8 Å². The fourth-order valence-electron chi connectivity index (χ4n) is 1.14. The maximum absolute atomic E-state index is 10.5. The Morgan fingerprint density at radius 3 is 1.72 bits per heavy atom. The van der Waals surface area contributed by atoms with Crippen LogP contribution >= 0.6 is 0 Å². The highest BCUT2D eigenvalue weighted by Gasteiger charge is 2.11. The maximum atomic E-state index is 10.5. The molecule has 18 heavy (non-hydrogen) atoms. The number of para-hydroxylation sites is 2. The van der Waals surface area contributed by atoms with E-state index >= 15 is 0 Å². The second-order valence-corrected chi connectivity index (χ2v) is 4.74. The topological polar surface area (TPSA) is 101 Å². The lowest BCUT2D eigenvalue weighted by Gasteiger charge is -1.98. The molecule has 0 saturated carbocycles. The number of nitrogen functional groups attached to an aromatic ring is 1. The molecular weight excluding hydrogens is 254 g/mol. The van der Waals surface area contributed by atoms with Gasteiger partial charge in [0.25, 0.3) is 10.1 Å². The monoisotopic (exact) mass is 267 g/mol. The summed E-state index contributed by atoms with van der Waals surface area (Å²) >= 11 is 0. The molecule has 0 radical (unpaired) electrons. The first kappa shape index (κ1) is 14.0. The standard InChI is InChI=1S/C6H7NO3S.C6H6O/c7-5-3-1-2-4-6(5)11(8,9)10;7-6-4-2-1-3-5-6/h1-4H,7H2,(H,8,9,10);1-5,7H. The van der Waals surface area contributed by atoms with Gasteiger partial charge in [0.2, 0.25) is 0 Å². The molecule has 0 saturated heterocycles. The van der Waals surface area contributed by atoms with Gasteiger partial charge in [-0.2, -0.15) is 8.42 Å². The second kappa shape index (κ2) is 6.04. The zero-order chi connectivity index (χ0) is 13.6. The predicted molar refractivity (Wildman–Crippen MR) is 68.8 cm³/mol. The normalized spacial score (nSPS) is 10.3. The van der Waals surface area contributed by atoms with Gasteiger partial charge in [0.15, 0.2) is 0 Å². The van der Waals surface area contributed by atoms with Gasteiger partial charge in [-0.3, -0.25) is 4.55 Å². The summed E-state index contributed by atoms with van der Waals surface area (Å²) < 4.78 is 29.6. The summed E-state index contributed by atoms with van der Waals surface area (Å²) in [5.41, 5.74) is 5.32. The third-order valence-corrected chi connectivity index (χ3v) is 2.88. The number of nitrogens with two attached hydrogens (primary N) is 1. The van der Waals surface area contributed by atoms with Crippen LogP contribution in [0.5, 0.6) is 5.75 Å². The van der Waals surface area contributed by atoms with Gasteiger partial charge in [-0.25, -0.2) is 0 Å². The number of rotatable bonds is 1. The molecule has 0 aromatic heterocycles. The summed E-state index contributed by atoms with van der Waals surface area (Å²) in [6, 6.07) is 14.4. The van der Waals surface area contributed by atoms with E-state index in [4.69, 9.17) is 15.4 Å². The van der Waals surface area contributed by atoms with Crippen molar-refractivity contribution in [2.75, 3.05) is 5.73 Å². The molecular formula is C12H13NO4S. The predicted octanol–water partition coefficient (Wildman–Crippen LogP) is 1.91. The van der Waals surface area contributed by atoms with E-state index in [-0.39, 0.29) is 10.6 Å². The molecule has 2 rings (SSSR count). The van der Waals surface area contributed by atoms with Crippen LogP contribution in [-0.4, -0.2) is 18.1 Å².